The standard InChI is InChI=1S/C31H49N9O3/c1-21(12-8-13-23(3)18-35-38-32)10-7-11-22(2)14-9-16-31(20-37-40-34)17-15-27-28(19-36-39-33)29(42-26(6)41)24(4)25(5)30(27)43-31/h21-23H,7-20H2,1-6H3. The van der Waals surface area contributed by atoms with Crippen molar-refractivity contribution in [2.24, 2.45) is 33.1 Å². The van der Waals surface area contributed by atoms with Gasteiger partial charge in [0.05, 0.1) is 13.1 Å². The second-order valence-electron chi connectivity index (χ2n) is 12.5. The summed E-state index contributed by atoms with van der Waals surface area (Å²) < 4.78 is 12.3. The minimum absolute atomic E-state index is 0.0575. The minimum atomic E-state index is -0.612. The summed E-state index contributed by atoms with van der Waals surface area (Å²) in [5.74, 6) is 2.44. The van der Waals surface area contributed by atoms with E-state index in [9.17, 15) is 4.79 Å². The van der Waals surface area contributed by atoms with Crippen molar-refractivity contribution in [3.63, 3.8) is 0 Å². The Hall–Kier alpha value is -3.58. The number of carbonyl (C=O) groups is 1. The smallest absolute Gasteiger partial charge is 0.308 e. The van der Waals surface area contributed by atoms with Crippen molar-refractivity contribution >= 4 is 5.97 Å². The lowest BCUT2D eigenvalue weighted by molar-refractivity contribution is -0.132. The number of esters is 1. The van der Waals surface area contributed by atoms with Crippen LogP contribution in [0, 0.1) is 31.6 Å². The van der Waals surface area contributed by atoms with Crippen LogP contribution in [0.3, 0.4) is 0 Å². The molecule has 0 amide bonds. The molecule has 0 aromatic heterocycles. The van der Waals surface area contributed by atoms with E-state index in [2.05, 4.69) is 50.8 Å². The van der Waals surface area contributed by atoms with Gasteiger partial charge in [0, 0.05) is 39.3 Å². The summed E-state index contributed by atoms with van der Waals surface area (Å²) in [6.07, 6.45) is 11.2. The van der Waals surface area contributed by atoms with Crippen molar-refractivity contribution < 1.29 is 14.3 Å². The number of benzene rings is 1. The Morgan fingerprint density at radius 1 is 0.884 bits per heavy atom. The van der Waals surface area contributed by atoms with Crippen LogP contribution in [0.4, 0.5) is 0 Å². The number of fused-ring (bicyclic) bond motifs is 1. The highest BCUT2D eigenvalue weighted by molar-refractivity contribution is 5.72. The predicted molar refractivity (Wildman–Crippen MR) is 169 cm³/mol. The lowest BCUT2D eigenvalue weighted by Crippen LogP contribution is -2.43. The molecule has 0 bridgehead atoms. The highest BCUT2D eigenvalue weighted by Gasteiger charge is 2.38. The summed E-state index contributed by atoms with van der Waals surface area (Å²) in [4.78, 5) is 20.6. The summed E-state index contributed by atoms with van der Waals surface area (Å²) in [7, 11) is 0. The molecule has 236 valence electrons. The minimum Gasteiger partial charge on any atom is -0.487 e. The van der Waals surface area contributed by atoms with E-state index in [4.69, 9.17) is 26.1 Å². The van der Waals surface area contributed by atoms with Crippen LogP contribution in [0.5, 0.6) is 11.5 Å². The van der Waals surface area contributed by atoms with Crippen molar-refractivity contribution in [3.8, 4) is 11.5 Å². The van der Waals surface area contributed by atoms with Crippen LogP contribution in [-0.4, -0.2) is 24.7 Å². The second-order valence-corrected chi connectivity index (χ2v) is 12.5. The molecule has 1 aliphatic heterocycles. The topological polar surface area (TPSA) is 182 Å². The highest BCUT2D eigenvalue weighted by atomic mass is 16.5. The molecule has 12 nitrogen and oxygen atoms in total. The first-order valence-electron chi connectivity index (χ1n) is 15.6. The van der Waals surface area contributed by atoms with Gasteiger partial charge in [-0.1, -0.05) is 81.1 Å². The van der Waals surface area contributed by atoms with Crippen molar-refractivity contribution in [2.45, 2.75) is 124 Å². The van der Waals surface area contributed by atoms with Gasteiger partial charge in [-0.05, 0) is 85.0 Å². The Kier molecular flexibility index (Phi) is 15.0. The first kappa shape index (κ1) is 35.6. The van der Waals surface area contributed by atoms with Crippen molar-refractivity contribution in [3.05, 3.63) is 53.6 Å². The maximum absolute atomic E-state index is 11.8. The van der Waals surface area contributed by atoms with Gasteiger partial charge in [0.25, 0.3) is 0 Å². The van der Waals surface area contributed by atoms with Gasteiger partial charge >= 0.3 is 5.97 Å². The maximum atomic E-state index is 11.8. The first-order valence-corrected chi connectivity index (χ1v) is 15.6. The van der Waals surface area contributed by atoms with Gasteiger partial charge in [-0.15, -0.1) is 0 Å². The molecule has 0 fully saturated rings. The van der Waals surface area contributed by atoms with Gasteiger partial charge in [-0.2, -0.15) is 0 Å². The molecule has 0 N–H and O–H groups in total. The summed E-state index contributed by atoms with van der Waals surface area (Å²) in [6.45, 7) is 12.8. The largest absolute Gasteiger partial charge is 0.487 e. The van der Waals surface area contributed by atoms with Crippen LogP contribution in [0.15, 0.2) is 15.3 Å². The molecule has 0 radical (unpaired) electrons. The third-order valence-corrected chi connectivity index (χ3v) is 8.84. The lowest BCUT2D eigenvalue weighted by atomic mass is 9.82. The van der Waals surface area contributed by atoms with E-state index < -0.39 is 11.6 Å². The summed E-state index contributed by atoms with van der Waals surface area (Å²) >= 11 is 0. The summed E-state index contributed by atoms with van der Waals surface area (Å²) in [5, 5.41) is 11.4. The fourth-order valence-electron chi connectivity index (χ4n) is 6.13. The molecule has 1 aliphatic rings. The average molecular weight is 596 g/mol. The number of hydrogen-bond acceptors (Lipinski definition) is 6. The fourth-order valence-corrected chi connectivity index (χ4v) is 6.13. The number of carbonyl (C=O) groups excluding carboxylic acids is 1. The zero-order valence-electron chi connectivity index (χ0n) is 26.9. The van der Waals surface area contributed by atoms with E-state index in [1.807, 2.05) is 13.8 Å². The molecule has 43 heavy (non-hydrogen) atoms. The fraction of sp³-hybridized carbons (Fsp3) is 0.774. The van der Waals surface area contributed by atoms with Gasteiger partial charge in [0.15, 0.2) is 0 Å². The summed E-state index contributed by atoms with van der Waals surface area (Å²) in [5.41, 5.74) is 29.1. The molecule has 0 aliphatic carbocycles. The quantitative estimate of drug-likeness (QED) is 0.0507. The van der Waals surface area contributed by atoms with Crippen LogP contribution in [0.25, 0.3) is 31.3 Å². The number of azide groups is 3. The molecule has 0 saturated carbocycles. The molecule has 1 aromatic rings. The third kappa shape index (κ3) is 11.2. The highest BCUT2D eigenvalue weighted by Crippen LogP contribution is 2.46. The van der Waals surface area contributed by atoms with E-state index in [0.717, 1.165) is 42.4 Å². The molecule has 2 rings (SSSR count). The summed E-state index contributed by atoms with van der Waals surface area (Å²) in [6, 6.07) is 0. The Bertz CT molecular complexity index is 1230. The Balaban J connectivity index is 2.00. The SMILES string of the molecule is CC(=O)Oc1c(C)c(C)c2c(c1CN=[N+]=[N-])CCC(CCCC(C)CCCC(C)CCCC(C)CN=[N+]=[N-])(CN=[N+]=[N-])O2. The van der Waals surface area contributed by atoms with Crippen LogP contribution in [-0.2, 0) is 17.8 Å². The number of ether oxygens (including phenoxy) is 2. The molecular formula is C31H49N9O3. The second kappa shape index (κ2) is 18.2. The zero-order chi connectivity index (χ0) is 31.8. The van der Waals surface area contributed by atoms with Crippen LogP contribution >= 0.6 is 0 Å². The normalized spacial score (nSPS) is 17.6. The van der Waals surface area contributed by atoms with Gasteiger partial charge in [-0.25, -0.2) is 0 Å². The van der Waals surface area contributed by atoms with Gasteiger partial charge in [0.1, 0.15) is 17.1 Å². The van der Waals surface area contributed by atoms with Crippen LogP contribution in [0.2, 0.25) is 0 Å². The lowest BCUT2D eigenvalue weighted by Gasteiger charge is -2.40. The van der Waals surface area contributed by atoms with Crippen molar-refractivity contribution in [2.75, 3.05) is 13.1 Å². The molecular weight excluding hydrogens is 546 g/mol. The number of hydrogen-bond donors (Lipinski definition) is 0. The Labute approximate surface area is 255 Å². The van der Waals surface area contributed by atoms with Crippen molar-refractivity contribution in [1.29, 1.82) is 0 Å². The molecule has 0 spiro atoms. The Morgan fingerprint density at radius 2 is 1.47 bits per heavy atom. The zero-order valence-corrected chi connectivity index (χ0v) is 26.9. The van der Waals surface area contributed by atoms with Gasteiger partial charge in [-0.3, -0.25) is 4.79 Å². The first-order chi connectivity index (χ1) is 20.6. The molecule has 4 atom stereocenters. The maximum Gasteiger partial charge on any atom is 0.308 e. The third-order valence-electron chi connectivity index (χ3n) is 8.84. The number of nitrogens with zero attached hydrogens (tertiary/aromatic N) is 9. The predicted octanol–water partition coefficient (Wildman–Crippen LogP) is 10.1. The molecule has 4 unspecified atom stereocenters. The van der Waals surface area contributed by atoms with Gasteiger partial charge < -0.3 is 9.47 Å². The molecule has 1 heterocycles. The van der Waals surface area contributed by atoms with E-state index in [0.29, 0.717) is 54.2 Å². The number of rotatable bonds is 19. The van der Waals surface area contributed by atoms with E-state index in [-0.39, 0.29) is 13.1 Å². The van der Waals surface area contributed by atoms with E-state index >= 15 is 0 Å². The molecule has 1 aromatic carbocycles. The Morgan fingerprint density at radius 3 is 2.05 bits per heavy atom. The van der Waals surface area contributed by atoms with E-state index in [1.54, 1.807) is 0 Å². The molecule has 0 saturated heterocycles. The van der Waals surface area contributed by atoms with Crippen LogP contribution < -0.4 is 9.47 Å². The van der Waals surface area contributed by atoms with Gasteiger partial charge in [0.2, 0.25) is 0 Å². The van der Waals surface area contributed by atoms with Crippen LogP contribution in [0.1, 0.15) is 114 Å². The molecule has 12 heteroatoms. The monoisotopic (exact) mass is 595 g/mol. The van der Waals surface area contributed by atoms with E-state index in [1.165, 1.54) is 39.0 Å². The average Bonchev–Trinajstić information content (AvgIpc) is 2.97. The van der Waals surface area contributed by atoms with Crippen molar-refractivity contribution in [1.82, 2.24) is 0 Å².